The second-order valence-corrected chi connectivity index (χ2v) is 12.3. The number of Topliss-reactive ketones (excluding diaryl/α,β-unsaturated/α-hetero) is 1. The Bertz CT molecular complexity index is 1840. The van der Waals surface area contributed by atoms with E-state index in [9.17, 15) is 9.59 Å². The molecule has 0 amide bonds. The fourth-order valence-electron chi connectivity index (χ4n) is 7.16. The van der Waals surface area contributed by atoms with E-state index in [0.29, 0.717) is 19.3 Å². The third-order valence-corrected chi connectivity index (χ3v) is 10.2. The molecule has 3 aromatic rings. The minimum atomic E-state index is -0.325. The predicted octanol–water partition coefficient (Wildman–Crippen LogP) is 7.45. The molecule has 2 N–H and O–H groups in total. The van der Waals surface area contributed by atoms with Crippen molar-refractivity contribution >= 4 is 39.4 Å². The number of allylic oxidation sites excluding steroid dienone is 1. The smallest absolute Gasteiger partial charge is 0.305 e. The van der Waals surface area contributed by atoms with E-state index in [4.69, 9.17) is 14.7 Å². The monoisotopic (exact) mass is 564 g/mol. The average Bonchev–Trinajstić information content (AvgIpc) is 3.71. The molecule has 7 heteroatoms. The first-order valence-corrected chi connectivity index (χ1v) is 15.1. The second-order valence-electron chi connectivity index (χ2n) is 12.3. The minimum Gasteiger partial charge on any atom is -0.469 e. The zero-order valence-electron chi connectivity index (χ0n) is 25.7. The number of H-pyrrole nitrogens is 2. The molecule has 8 bridgehead atoms. The Balaban J connectivity index is 1.74. The maximum Gasteiger partial charge on any atom is 0.305 e. The van der Waals surface area contributed by atoms with Crippen LogP contribution in [0.15, 0.2) is 24.8 Å². The highest BCUT2D eigenvalue weighted by atomic mass is 16.5. The van der Waals surface area contributed by atoms with Gasteiger partial charge >= 0.3 is 5.97 Å². The van der Waals surface area contributed by atoms with E-state index in [1.165, 1.54) is 18.2 Å². The Morgan fingerprint density at radius 1 is 1.10 bits per heavy atom. The van der Waals surface area contributed by atoms with Crippen LogP contribution in [0.4, 0.5) is 0 Å². The molecule has 0 aromatic carbocycles. The van der Waals surface area contributed by atoms with E-state index in [1.807, 2.05) is 6.92 Å². The number of rotatable bonds is 5. The maximum atomic E-state index is 13.5. The Labute approximate surface area is 246 Å². The number of esters is 1. The van der Waals surface area contributed by atoms with E-state index in [2.05, 4.69) is 69.4 Å². The lowest BCUT2D eigenvalue weighted by atomic mass is 9.78. The van der Waals surface area contributed by atoms with Gasteiger partial charge in [0.15, 0.2) is 5.78 Å². The van der Waals surface area contributed by atoms with Crippen molar-refractivity contribution in [2.75, 3.05) is 7.11 Å². The van der Waals surface area contributed by atoms with Crippen LogP contribution in [-0.4, -0.2) is 38.8 Å². The summed E-state index contributed by atoms with van der Waals surface area (Å²) in [6.45, 7) is 17.4. The van der Waals surface area contributed by atoms with E-state index in [1.54, 1.807) is 0 Å². The Morgan fingerprint density at radius 2 is 1.83 bits per heavy atom. The number of ketones is 1. The largest absolute Gasteiger partial charge is 0.469 e. The fourth-order valence-corrected chi connectivity index (χ4v) is 7.16. The molecule has 2 aliphatic heterocycles. The third kappa shape index (κ3) is 4.08. The Hall–Kier alpha value is -4.00. The Morgan fingerprint density at radius 3 is 2.52 bits per heavy atom. The lowest BCUT2D eigenvalue weighted by Crippen LogP contribution is -2.18. The molecule has 0 saturated heterocycles. The van der Waals surface area contributed by atoms with Gasteiger partial charge in [0.2, 0.25) is 0 Å². The zero-order valence-corrected chi connectivity index (χ0v) is 25.7. The number of methoxy groups -OCH3 is 1. The molecule has 1 aliphatic carbocycles. The van der Waals surface area contributed by atoms with Gasteiger partial charge in [-0.05, 0) is 80.5 Å². The number of hydrogen-bond donors (Lipinski definition) is 2. The van der Waals surface area contributed by atoms with Gasteiger partial charge in [-0.1, -0.05) is 27.4 Å². The van der Waals surface area contributed by atoms with Gasteiger partial charge in [-0.15, -0.1) is 0 Å². The van der Waals surface area contributed by atoms with Crippen LogP contribution in [0.1, 0.15) is 114 Å². The molecule has 42 heavy (non-hydrogen) atoms. The van der Waals surface area contributed by atoms with Gasteiger partial charge in [0.25, 0.3) is 0 Å². The summed E-state index contributed by atoms with van der Waals surface area (Å²) in [6.07, 6.45) is 2.94. The standard InChI is InChI=1S/C35H40N4O3/c1-9-21-17(3)24-14-25-18(4)22(11-12-31(41)42-8)33(38-25)23-13-29(40)32-19(5)26(39-34(23)32)16-30-35(7,10-2)20(6)27(37-30)15-28(21)36-24/h14-16,18,22,36,39H,6,9-13H2,1-5,7-8H3/t18-,22-,35?/m0/s1. The van der Waals surface area contributed by atoms with E-state index >= 15 is 0 Å². The molecular formula is C35H40N4O3. The van der Waals surface area contributed by atoms with Crippen molar-refractivity contribution in [2.24, 2.45) is 0 Å². The average molecular weight is 565 g/mol. The Kier molecular flexibility index (Phi) is 6.75. The van der Waals surface area contributed by atoms with Crippen LogP contribution >= 0.6 is 0 Å². The van der Waals surface area contributed by atoms with Crippen LogP contribution in [0.3, 0.4) is 0 Å². The number of nitrogens with one attached hydrogen (secondary N) is 2. The van der Waals surface area contributed by atoms with Gasteiger partial charge in [0, 0.05) is 63.5 Å². The summed E-state index contributed by atoms with van der Waals surface area (Å²) < 4.78 is 4.98. The molecule has 7 nitrogen and oxygen atoms in total. The first-order chi connectivity index (χ1) is 20.0. The van der Waals surface area contributed by atoms with Crippen LogP contribution in [-0.2, 0) is 27.8 Å². The molecule has 0 spiro atoms. The van der Waals surface area contributed by atoms with Crippen molar-refractivity contribution in [2.45, 2.75) is 90.9 Å². The first-order valence-electron chi connectivity index (χ1n) is 15.1. The quantitative estimate of drug-likeness (QED) is 0.313. The number of aromatic nitrogens is 4. The molecule has 6 rings (SSSR count). The molecule has 3 aromatic heterocycles. The number of nitrogens with zero attached hydrogens (tertiary/aromatic N) is 2. The van der Waals surface area contributed by atoms with Crippen molar-refractivity contribution in [1.82, 2.24) is 19.9 Å². The number of aryl methyl sites for hydroxylation is 3. The highest BCUT2D eigenvalue weighted by molar-refractivity contribution is 6.13. The van der Waals surface area contributed by atoms with Crippen LogP contribution in [0.2, 0.25) is 0 Å². The van der Waals surface area contributed by atoms with Crippen LogP contribution in [0, 0.1) is 13.8 Å². The lowest BCUT2D eigenvalue weighted by Gasteiger charge is -2.23. The van der Waals surface area contributed by atoms with E-state index in [0.717, 1.165) is 79.9 Å². The van der Waals surface area contributed by atoms with Gasteiger partial charge in [-0.3, -0.25) is 19.6 Å². The summed E-state index contributed by atoms with van der Waals surface area (Å²) in [4.78, 5) is 43.3. The second kappa shape index (κ2) is 10.1. The highest BCUT2D eigenvalue weighted by Crippen LogP contribution is 2.46. The first kappa shape index (κ1) is 28.1. The molecule has 3 atom stereocenters. The fraction of sp³-hybridized carbons (Fsp3) is 0.429. The molecule has 218 valence electrons. The number of aromatic amines is 2. The summed E-state index contributed by atoms with van der Waals surface area (Å²) in [5.41, 5.74) is 13.2. The van der Waals surface area contributed by atoms with Crippen molar-refractivity contribution in [3.63, 3.8) is 0 Å². The molecule has 0 saturated carbocycles. The molecule has 0 fully saturated rings. The van der Waals surface area contributed by atoms with E-state index < -0.39 is 0 Å². The summed E-state index contributed by atoms with van der Waals surface area (Å²) in [5, 5.41) is 0. The summed E-state index contributed by atoms with van der Waals surface area (Å²) >= 11 is 0. The van der Waals surface area contributed by atoms with Gasteiger partial charge in [0.05, 0.1) is 29.7 Å². The van der Waals surface area contributed by atoms with E-state index in [-0.39, 0.29) is 29.0 Å². The van der Waals surface area contributed by atoms with Crippen LogP contribution < -0.4 is 0 Å². The molecule has 5 heterocycles. The summed E-state index contributed by atoms with van der Waals surface area (Å²) in [5.74, 6) is -0.0798. The zero-order chi connectivity index (χ0) is 30.1. The van der Waals surface area contributed by atoms with Crippen molar-refractivity contribution in [3.8, 4) is 0 Å². The SMILES string of the molecule is C=C1c2cc3[nH]c(cc4nc(c5c6[nH]c(cc(n2)C1(C)CC)c(C)c6C(=O)C5)[C@@H](CCC(=O)OC)[C@@H]4C)c(C)c3CC. The number of carbonyl (C=O) groups is 2. The molecule has 3 aliphatic rings. The molecular weight excluding hydrogens is 524 g/mol. The van der Waals surface area contributed by atoms with Gasteiger partial charge < -0.3 is 14.7 Å². The number of fused-ring (bicyclic) bond motifs is 8. The third-order valence-electron chi connectivity index (χ3n) is 10.2. The molecule has 0 radical (unpaired) electrons. The van der Waals surface area contributed by atoms with Crippen molar-refractivity contribution in [3.05, 3.63) is 75.4 Å². The predicted molar refractivity (Wildman–Crippen MR) is 167 cm³/mol. The lowest BCUT2D eigenvalue weighted by molar-refractivity contribution is -0.140. The number of carbonyl (C=O) groups excluding carboxylic acids is 2. The van der Waals surface area contributed by atoms with Gasteiger partial charge in [-0.2, -0.15) is 0 Å². The minimum absolute atomic E-state index is 0.00887. The van der Waals surface area contributed by atoms with Crippen LogP contribution in [0.25, 0.3) is 27.6 Å². The summed E-state index contributed by atoms with van der Waals surface area (Å²) in [6, 6.07) is 6.39. The number of ether oxygens (including phenoxy) is 1. The maximum absolute atomic E-state index is 13.5. The van der Waals surface area contributed by atoms with Crippen molar-refractivity contribution < 1.29 is 14.3 Å². The van der Waals surface area contributed by atoms with Gasteiger partial charge in [-0.25, -0.2) is 0 Å². The topological polar surface area (TPSA) is 101 Å². The number of hydrogen-bond acceptors (Lipinski definition) is 5. The normalized spacial score (nSPS) is 21.3. The highest BCUT2D eigenvalue weighted by Gasteiger charge is 2.38. The molecule has 1 unspecified atom stereocenters. The van der Waals surface area contributed by atoms with Crippen molar-refractivity contribution in [1.29, 1.82) is 0 Å². The van der Waals surface area contributed by atoms with Gasteiger partial charge in [0.1, 0.15) is 0 Å². The summed E-state index contributed by atoms with van der Waals surface area (Å²) in [7, 11) is 1.42. The van der Waals surface area contributed by atoms with Crippen LogP contribution in [0.5, 0.6) is 0 Å².